The van der Waals surface area contributed by atoms with Gasteiger partial charge in [-0.3, -0.25) is 9.78 Å². The van der Waals surface area contributed by atoms with E-state index in [1.54, 1.807) is 24.5 Å². The number of carbonyl (C=O) groups excluding carboxylic acids is 1. The van der Waals surface area contributed by atoms with Gasteiger partial charge in [-0.05, 0) is 62.0 Å². The van der Waals surface area contributed by atoms with E-state index in [0.29, 0.717) is 5.56 Å². The number of nitrogens with two attached hydrogens (primary N) is 1. The predicted molar refractivity (Wildman–Crippen MR) is 113 cm³/mol. The first-order valence-electron chi connectivity index (χ1n) is 6.88. The number of pyridine rings is 1. The number of halogens is 1. The molecule has 3 nitrogen and oxygen atoms in total. The lowest BCUT2D eigenvalue weighted by atomic mass is 10.0. The summed E-state index contributed by atoms with van der Waals surface area (Å²) < 4.78 is 1.92. The average molecular weight is 427 g/mol. The monoisotopic (exact) mass is 426 g/mol. The van der Waals surface area contributed by atoms with Crippen LogP contribution in [-0.2, 0) is 6.42 Å². The summed E-state index contributed by atoms with van der Waals surface area (Å²) in [6.45, 7) is 0. The quantitative estimate of drug-likeness (QED) is 0.418. The van der Waals surface area contributed by atoms with Gasteiger partial charge in [0.15, 0.2) is 5.78 Å². The molecular weight excluding hydrogens is 404 g/mol. The average Bonchev–Trinajstić information content (AvgIpc) is 2.63. The van der Waals surface area contributed by atoms with Crippen LogP contribution in [-0.4, -0.2) is 27.0 Å². The SMILES string of the molecule is C.CN.O=C(c1ccncc1)C(Br)CCc1ccccc1.S=C=S. The van der Waals surface area contributed by atoms with Gasteiger partial charge in [0.25, 0.3) is 0 Å². The van der Waals surface area contributed by atoms with E-state index in [2.05, 4.69) is 63.2 Å². The van der Waals surface area contributed by atoms with Crippen LogP contribution >= 0.6 is 40.4 Å². The van der Waals surface area contributed by atoms with Crippen molar-refractivity contribution in [2.75, 3.05) is 7.05 Å². The zero-order valence-corrected chi connectivity index (χ0v) is 16.0. The van der Waals surface area contributed by atoms with Gasteiger partial charge in [-0.15, -0.1) is 0 Å². The van der Waals surface area contributed by atoms with Gasteiger partial charge in [-0.2, -0.15) is 0 Å². The number of nitrogens with zero attached hydrogens (tertiary/aromatic N) is 1. The molecular formula is C18H23BrN2OS2. The van der Waals surface area contributed by atoms with Crippen molar-refractivity contribution in [1.29, 1.82) is 0 Å². The lowest BCUT2D eigenvalue weighted by molar-refractivity contribution is 0.0988. The summed E-state index contributed by atoms with van der Waals surface area (Å²) >= 11 is 11.4. The Labute approximate surface area is 163 Å². The van der Waals surface area contributed by atoms with E-state index < -0.39 is 0 Å². The van der Waals surface area contributed by atoms with Crippen LogP contribution in [0.3, 0.4) is 0 Å². The highest BCUT2D eigenvalue weighted by atomic mass is 79.9. The summed E-state index contributed by atoms with van der Waals surface area (Å²) in [5.74, 6) is 0.119. The molecule has 2 rings (SSSR count). The summed E-state index contributed by atoms with van der Waals surface area (Å²) in [6.07, 6.45) is 4.98. The summed E-state index contributed by atoms with van der Waals surface area (Å²) in [7, 11) is 1.50. The number of aromatic nitrogens is 1. The van der Waals surface area contributed by atoms with E-state index in [9.17, 15) is 4.79 Å². The summed E-state index contributed by atoms with van der Waals surface area (Å²) in [5, 5.41) is 0. The summed E-state index contributed by atoms with van der Waals surface area (Å²) in [4.78, 5) is 15.9. The van der Waals surface area contributed by atoms with E-state index in [1.807, 2.05) is 22.5 Å². The highest BCUT2D eigenvalue weighted by Gasteiger charge is 2.16. The molecule has 0 aliphatic rings. The minimum Gasteiger partial charge on any atom is -0.333 e. The molecule has 2 N–H and O–H groups in total. The molecule has 0 saturated heterocycles. The van der Waals surface area contributed by atoms with Gasteiger partial charge >= 0.3 is 0 Å². The zero-order chi connectivity index (χ0) is 17.5. The van der Waals surface area contributed by atoms with Crippen LogP contribution in [0.5, 0.6) is 0 Å². The molecule has 0 aliphatic heterocycles. The Morgan fingerprint density at radius 3 is 2.17 bits per heavy atom. The normalized spacial score (nSPS) is 9.62. The molecule has 0 saturated carbocycles. The van der Waals surface area contributed by atoms with Crippen molar-refractivity contribution in [2.24, 2.45) is 5.73 Å². The number of Topliss-reactive ketones (excluding diaryl/α,β-unsaturated/α-hetero) is 1. The number of thiocarbonyl (C=S) groups is 2. The Morgan fingerprint density at radius 1 is 1.17 bits per heavy atom. The van der Waals surface area contributed by atoms with Gasteiger partial charge in [0, 0.05) is 22.3 Å². The number of alkyl halides is 1. The van der Waals surface area contributed by atoms with Gasteiger partial charge in [0.2, 0.25) is 0 Å². The molecule has 0 aliphatic carbocycles. The number of aryl methyl sites for hydroxylation is 1. The standard InChI is InChI=1S/C15H14BrNO.CH5N.CS2.CH4/c16-14(7-6-12-4-2-1-3-5-12)15(18)13-8-10-17-11-9-13;1-2;2-1-3;/h1-5,8-11,14H,6-7H2;2H2,1H3;;1H4. The van der Waals surface area contributed by atoms with Crippen LogP contribution in [0, 0.1) is 0 Å². The van der Waals surface area contributed by atoms with E-state index in [4.69, 9.17) is 0 Å². The molecule has 130 valence electrons. The van der Waals surface area contributed by atoms with E-state index in [0.717, 1.165) is 12.8 Å². The molecule has 0 fully saturated rings. The maximum atomic E-state index is 12.1. The van der Waals surface area contributed by atoms with Crippen molar-refractivity contribution in [1.82, 2.24) is 4.98 Å². The second kappa shape index (κ2) is 16.6. The number of benzene rings is 1. The molecule has 1 aromatic heterocycles. The second-order valence-electron chi connectivity index (χ2n) is 4.18. The second-order valence-corrected chi connectivity index (χ2v) is 5.95. The third-order valence-corrected chi connectivity index (χ3v) is 3.65. The number of carbonyl (C=O) groups is 1. The zero-order valence-electron chi connectivity index (χ0n) is 12.8. The first-order valence-corrected chi connectivity index (χ1v) is 8.61. The lowest BCUT2D eigenvalue weighted by Crippen LogP contribution is -2.15. The summed E-state index contributed by atoms with van der Waals surface area (Å²) in [6, 6.07) is 13.7. The van der Waals surface area contributed by atoms with Crippen LogP contribution < -0.4 is 5.73 Å². The Bertz CT molecular complexity index is 588. The Balaban J connectivity index is 0. The van der Waals surface area contributed by atoms with Crippen molar-refractivity contribution < 1.29 is 4.79 Å². The van der Waals surface area contributed by atoms with E-state index in [1.165, 1.54) is 12.6 Å². The number of rotatable bonds is 5. The molecule has 2 aromatic rings. The van der Waals surface area contributed by atoms with Gasteiger partial charge < -0.3 is 5.73 Å². The smallest absolute Gasteiger partial charge is 0.176 e. The number of ketones is 1. The largest absolute Gasteiger partial charge is 0.333 e. The molecule has 0 radical (unpaired) electrons. The molecule has 1 aromatic carbocycles. The Kier molecular flexibility index (Phi) is 17.2. The van der Waals surface area contributed by atoms with Gasteiger partial charge in [0.05, 0.1) is 4.83 Å². The van der Waals surface area contributed by atoms with Crippen LogP contribution in [0.2, 0.25) is 0 Å². The van der Waals surface area contributed by atoms with Crippen LogP contribution in [0.15, 0.2) is 54.9 Å². The molecule has 6 heteroatoms. The van der Waals surface area contributed by atoms with Crippen molar-refractivity contribution in [2.45, 2.75) is 25.1 Å². The maximum Gasteiger partial charge on any atom is 0.176 e. The third-order valence-electron chi connectivity index (χ3n) is 2.78. The molecule has 24 heavy (non-hydrogen) atoms. The first-order chi connectivity index (χ1) is 11.2. The fourth-order valence-electron chi connectivity index (χ4n) is 1.77. The van der Waals surface area contributed by atoms with Crippen molar-refractivity contribution in [3.05, 3.63) is 66.0 Å². The molecule has 1 unspecified atom stereocenters. The van der Waals surface area contributed by atoms with Crippen LogP contribution in [0.1, 0.15) is 29.8 Å². The van der Waals surface area contributed by atoms with Gasteiger partial charge in [-0.1, -0.05) is 53.7 Å². The highest BCUT2D eigenvalue weighted by Crippen LogP contribution is 2.16. The van der Waals surface area contributed by atoms with Crippen molar-refractivity contribution >= 4 is 50.5 Å². The number of hydrogen-bond donors (Lipinski definition) is 1. The van der Waals surface area contributed by atoms with Crippen molar-refractivity contribution in [3.63, 3.8) is 0 Å². The van der Waals surface area contributed by atoms with Crippen LogP contribution in [0.25, 0.3) is 0 Å². The minimum atomic E-state index is -0.139. The predicted octanol–water partition coefficient (Wildman–Crippen LogP) is 4.89. The van der Waals surface area contributed by atoms with E-state index >= 15 is 0 Å². The molecule has 1 atom stereocenters. The van der Waals surface area contributed by atoms with E-state index in [-0.39, 0.29) is 18.0 Å². The lowest BCUT2D eigenvalue weighted by Gasteiger charge is -2.08. The molecule has 0 spiro atoms. The topological polar surface area (TPSA) is 56.0 Å². The molecule has 0 bridgehead atoms. The molecule has 1 heterocycles. The first kappa shape index (κ1) is 24.9. The Morgan fingerprint density at radius 2 is 1.67 bits per heavy atom. The minimum absolute atomic E-state index is 0. The van der Waals surface area contributed by atoms with Gasteiger partial charge in [0.1, 0.15) is 0 Å². The van der Waals surface area contributed by atoms with Crippen LogP contribution in [0.4, 0.5) is 0 Å². The highest BCUT2D eigenvalue weighted by molar-refractivity contribution is 9.10. The van der Waals surface area contributed by atoms with Gasteiger partial charge in [-0.25, -0.2) is 0 Å². The fourth-order valence-corrected chi connectivity index (χ4v) is 2.26. The molecule has 0 amide bonds. The van der Waals surface area contributed by atoms with Crippen molar-refractivity contribution in [3.8, 4) is 0 Å². The maximum absolute atomic E-state index is 12.1. The number of hydrogen-bond acceptors (Lipinski definition) is 5. The fraction of sp³-hybridized carbons (Fsp3) is 0.278. The summed E-state index contributed by atoms with van der Waals surface area (Å²) in [5.41, 5.74) is 6.46. The third kappa shape index (κ3) is 10.5. The Hall–Kier alpha value is -1.30.